The smallest absolute Gasteiger partial charge is 0.431 e. The fraction of sp³-hybridized carbons (Fsp3) is 0.917. The van der Waals surface area contributed by atoms with Crippen molar-refractivity contribution < 1.29 is 14.3 Å². The van der Waals surface area contributed by atoms with Gasteiger partial charge in [0.1, 0.15) is 11.7 Å². The van der Waals surface area contributed by atoms with Gasteiger partial charge in [-0.15, -0.1) is 0 Å². The van der Waals surface area contributed by atoms with Crippen LogP contribution >= 0.6 is 0 Å². The topological polar surface area (TPSA) is 35.5 Å². The van der Waals surface area contributed by atoms with E-state index in [0.717, 1.165) is 32.1 Å². The Bertz CT molecular complexity index is 207. The molecule has 3 heteroatoms. The molecule has 1 unspecified atom stereocenters. The highest BCUT2D eigenvalue weighted by atomic mass is 16.7. The minimum atomic E-state index is -0.506. The van der Waals surface area contributed by atoms with E-state index in [9.17, 15) is 4.79 Å². The van der Waals surface area contributed by atoms with Crippen LogP contribution in [0.4, 0.5) is 4.79 Å². The molecule has 0 heterocycles. The van der Waals surface area contributed by atoms with Crippen molar-refractivity contribution >= 4 is 6.16 Å². The van der Waals surface area contributed by atoms with E-state index >= 15 is 0 Å². The Morgan fingerprint density at radius 1 is 1.33 bits per heavy atom. The maximum atomic E-state index is 11.4. The Hall–Kier alpha value is -0.730. The van der Waals surface area contributed by atoms with Gasteiger partial charge < -0.3 is 9.47 Å². The zero-order valence-corrected chi connectivity index (χ0v) is 10.0. The fourth-order valence-corrected chi connectivity index (χ4v) is 1.87. The lowest BCUT2D eigenvalue weighted by Gasteiger charge is -2.32. The number of carbonyl (C=O) groups is 1. The van der Waals surface area contributed by atoms with Crippen LogP contribution in [0.5, 0.6) is 0 Å². The Balaban J connectivity index is 2.35. The monoisotopic (exact) mass is 214 g/mol. The van der Waals surface area contributed by atoms with Gasteiger partial charge >= 0.3 is 6.16 Å². The predicted molar refractivity (Wildman–Crippen MR) is 58.8 cm³/mol. The highest BCUT2D eigenvalue weighted by Crippen LogP contribution is 2.31. The number of hydrogen-bond donors (Lipinski definition) is 0. The van der Waals surface area contributed by atoms with Gasteiger partial charge in [-0.2, -0.15) is 0 Å². The van der Waals surface area contributed by atoms with Crippen LogP contribution in [-0.2, 0) is 9.47 Å². The van der Waals surface area contributed by atoms with Gasteiger partial charge in [0.25, 0.3) is 0 Å². The summed E-state index contributed by atoms with van der Waals surface area (Å²) in [6.07, 6.45) is 5.73. The number of rotatable bonds is 3. The molecule has 1 aliphatic rings. The van der Waals surface area contributed by atoms with Crippen LogP contribution in [0.3, 0.4) is 0 Å². The summed E-state index contributed by atoms with van der Waals surface area (Å²) in [7, 11) is 0. The summed E-state index contributed by atoms with van der Waals surface area (Å²) in [5.41, 5.74) is -0.289. The van der Waals surface area contributed by atoms with Crippen LogP contribution in [-0.4, -0.2) is 17.9 Å². The summed E-state index contributed by atoms with van der Waals surface area (Å²) >= 11 is 0. The summed E-state index contributed by atoms with van der Waals surface area (Å²) in [5.74, 6) is 0. The van der Waals surface area contributed by atoms with Crippen LogP contribution in [0.25, 0.3) is 0 Å². The third-order valence-corrected chi connectivity index (χ3v) is 3.11. The standard InChI is InChI=1S/C12H22O3/c1-4-10(2)14-11(13)15-12(3)8-6-5-7-9-12/h10H,4-9H2,1-3H3. The van der Waals surface area contributed by atoms with Crippen molar-refractivity contribution in [2.75, 3.05) is 0 Å². The normalized spacial score (nSPS) is 21.8. The van der Waals surface area contributed by atoms with Gasteiger partial charge in [0.05, 0.1) is 0 Å². The van der Waals surface area contributed by atoms with Gasteiger partial charge in [-0.1, -0.05) is 13.3 Å². The molecular formula is C12H22O3. The van der Waals surface area contributed by atoms with Gasteiger partial charge in [0.2, 0.25) is 0 Å². The molecule has 0 aromatic rings. The Morgan fingerprint density at radius 2 is 1.93 bits per heavy atom. The van der Waals surface area contributed by atoms with E-state index in [4.69, 9.17) is 9.47 Å². The molecule has 3 nitrogen and oxygen atoms in total. The molecule has 0 aliphatic heterocycles. The van der Waals surface area contributed by atoms with Gasteiger partial charge in [-0.3, -0.25) is 0 Å². The minimum absolute atomic E-state index is 0.0512. The number of hydrogen-bond acceptors (Lipinski definition) is 3. The molecule has 1 saturated carbocycles. The maximum Gasteiger partial charge on any atom is 0.509 e. The SMILES string of the molecule is CCC(C)OC(=O)OC1(C)CCCCC1. The zero-order chi connectivity index (χ0) is 11.3. The molecule has 0 saturated heterocycles. The first kappa shape index (κ1) is 12.3. The third kappa shape index (κ3) is 4.10. The molecule has 1 aliphatic carbocycles. The van der Waals surface area contributed by atoms with E-state index in [1.807, 2.05) is 20.8 Å². The fourth-order valence-electron chi connectivity index (χ4n) is 1.87. The molecular weight excluding hydrogens is 192 g/mol. The summed E-state index contributed by atoms with van der Waals surface area (Å²) in [5, 5.41) is 0. The van der Waals surface area contributed by atoms with Gasteiger partial charge in [-0.05, 0) is 46.0 Å². The lowest BCUT2D eigenvalue weighted by atomic mass is 9.86. The van der Waals surface area contributed by atoms with Crippen LogP contribution in [0.15, 0.2) is 0 Å². The van der Waals surface area contributed by atoms with E-state index < -0.39 is 6.16 Å². The summed E-state index contributed by atoms with van der Waals surface area (Å²) in [6.45, 7) is 5.87. The van der Waals surface area contributed by atoms with E-state index in [-0.39, 0.29) is 11.7 Å². The lowest BCUT2D eigenvalue weighted by molar-refractivity contribution is -0.0553. The largest absolute Gasteiger partial charge is 0.509 e. The Morgan fingerprint density at radius 3 is 2.47 bits per heavy atom. The minimum Gasteiger partial charge on any atom is -0.431 e. The van der Waals surface area contributed by atoms with Gasteiger partial charge in [0.15, 0.2) is 0 Å². The van der Waals surface area contributed by atoms with Crippen LogP contribution in [0, 0.1) is 0 Å². The van der Waals surface area contributed by atoms with Crippen LogP contribution in [0.2, 0.25) is 0 Å². The summed E-state index contributed by atoms with van der Waals surface area (Å²) in [4.78, 5) is 11.4. The second kappa shape index (κ2) is 5.38. The molecule has 0 radical (unpaired) electrons. The van der Waals surface area contributed by atoms with E-state index in [1.54, 1.807) is 0 Å². The first-order valence-corrected chi connectivity index (χ1v) is 5.95. The highest BCUT2D eigenvalue weighted by Gasteiger charge is 2.31. The summed E-state index contributed by atoms with van der Waals surface area (Å²) < 4.78 is 10.5. The predicted octanol–water partition coefficient (Wildman–Crippen LogP) is 3.66. The molecule has 0 aromatic heterocycles. The second-order valence-electron chi connectivity index (χ2n) is 4.70. The zero-order valence-electron chi connectivity index (χ0n) is 10.0. The van der Waals surface area contributed by atoms with E-state index in [1.165, 1.54) is 6.42 Å². The van der Waals surface area contributed by atoms with E-state index in [2.05, 4.69) is 0 Å². The molecule has 1 rings (SSSR count). The van der Waals surface area contributed by atoms with Crippen molar-refractivity contribution in [1.29, 1.82) is 0 Å². The molecule has 1 atom stereocenters. The Kier molecular flexibility index (Phi) is 4.43. The average Bonchev–Trinajstić information content (AvgIpc) is 2.17. The summed E-state index contributed by atoms with van der Waals surface area (Å²) in [6, 6.07) is 0. The molecule has 0 amide bonds. The van der Waals surface area contributed by atoms with Gasteiger partial charge in [-0.25, -0.2) is 4.79 Å². The maximum absolute atomic E-state index is 11.4. The average molecular weight is 214 g/mol. The first-order valence-electron chi connectivity index (χ1n) is 5.95. The molecule has 0 bridgehead atoms. The van der Waals surface area contributed by atoms with Crippen molar-refractivity contribution in [3.63, 3.8) is 0 Å². The van der Waals surface area contributed by atoms with Crippen molar-refractivity contribution in [3.8, 4) is 0 Å². The molecule has 15 heavy (non-hydrogen) atoms. The number of carbonyl (C=O) groups excluding carboxylic acids is 1. The van der Waals surface area contributed by atoms with Crippen molar-refractivity contribution in [2.24, 2.45) is 0 Å². The van der Waals surface area contributed by atoms with Crippen molar-refractivity contribution in [2.45, 2.75) is 71.0 Å². The second-order valence-corrected chi connectivity index (χ2v) is 4.70. The molecule has 1 fully saturated rings. The van der Waals surface area contributed by atoms with Crippen LogP contribution in [0.1, 0.15) is 59.3 Å². The molecule has 88 valence electrons. The number of ether oxygens (including phenoxy) is 2. The van der Waals surface area contributed by atoms with Crippen LogP contribution < -0.4 is 0 Å². The Labute approximate surface area is 92.1 Å². The van der Waals surface area contributed by atoms with Crippen molar-refractivity contribution in [1.82, 2.24) is 0 Å². The molecule has 0 N–H and O–H groups in total. The van der Waals surface area contributed by atoms with Gasteiger partial charge in [0, 0.05) is 0 Å². The molecule has 0 aromatic carbocycles. The quantitative estimate of drug-likeness (QED) is 0.672. The van der Waals surface area contributed by atoms with Crippen molar-refractivity contribution in [3.05, 3.63) is 0 Å². The lowest BCUT2D eigenvalue weighted by Crippen LogP contribution is -2.35. The highest BCUT2D eigenvalue weighted by molar-refractivity contribution is 5.60. The van der Waals surface area contributed by atoms with E-state index in [0.29, 0.717) is 0 Å². The molecule has 0 spiro atoms. The first-order chi connectivity index (χ1) is 7.06. The third-order valence-electron chi connectivity index (χ3n) is 3.11.